The maximum absolute atomic E-state index is 5.75. The third kappa shape index (κ3) is 3.25. The molecule has 0 bridgehead atoms. The minimum absolute atomic E-state index is 0.233. The summed E-state index contributed by atoms with van der Waals surface area (Å²) in [6.45, 7) is 1.87. The van der Waals surface area contributed by atoms with Crippen molar-refractivity contribution in [2.45, 2.75) is 18.9 Å². The van der Waals surface area contributed by atoms with Gasteiger partial charge < -0.3 is 14.0 Å². The Morgan fingerprint density at radius 2 is 2.35 bits per heavy atom. The second-order valence-corrected chi connectivity index (χ2v) is 6.03. The normalized spacial score (nSPS) is 17.5. The highest BCUT2D eigenvalue weighted by atomic mass is 32.1. The Hall–Kier alpha value is -2.25. The molecule has 23 heavy (non-hydrogen) atoms. The van der Waals surface area contributed by atoms with Crippen LogP contribution in [-0.2, 0) is 11.3 Å². The molecule has 1 atom stereocenters. The van der Waals surface area contributed by atoms with Gasteiger partial charge in [-0.05, 0) is 24.6 Å². The molecule has 118 valence electrons. The van der Waals surface area contributed by atoms with Gasteiger partial charge in [0.05, 0.1) is 17.8 Å². The van der Waals surface area contributed by atoms with E-state index < -0.39 is 0 Å². The molecule has 0 unspecified atom stereocenters. The molecule has 1 saturated heterocycles. The highest BCUT2D eigenvalue weighted by Crippen LogP contribution is 2.27. The molecule has 0 saturated carbocycles. The number of aromatic nitrogens is 3. The van der Waals surface area contributed by atoms with Crippen LogP contribution in [0.4, 0.5) is 0 Å². The minimum atomic E-state index is 0.233. The van der Waals surface area contributed by atoms with Gasteiger partial charge >= 0.3 is 0 Å². The zero-order valence-corrected chi connectivity index (χ0v) is 13.2. The number of nitrogens with zero attached hydrogens (tertiary/aromatic N) is 3. The third-order valence-electron chi connectivity index (χ3n) is 3.69. The average molecular weight is 329 g/mol. The minimum Gasteiger partial charge on any atom is -0.487 e. The molecule has 0 spiro atoms. The number of rotatable bonds is 5. The lowest BCUT2D eigenvalue weighted by molar-refractivity contribution is 0.192. The highest BCUT2D eigenvalue weighted by Gasteiger charge is 2.23. The first-order valence-electron chi connectivity index (χ1n) is 7.40. The zero-order chi connectivity index (χ0) is 15.5. The second-order valence-electron chi connectivity index (χ2n) is 5.31. The van der Waals surface area contributed by atoms with Gasteiger partial charge in [-0.3, -0.25) is 0 Å². The SMILES string of the molecule is c1cc(OCc2cscn2)cc(-c2nc([C@@H]3CCOC3)no2)c1. The van der Waals surface area contributed by atoms with Gasteiger partial charge in [0, 0.05) is 23.5 Å². The molecule has 4 rings (SSSR count). The fraction of sp³-hybridized carbons (Fsp3) is 0.312. The van der Waals surface area contributed by atoms with Gasteiger partial charge in [0.2, 0.25) is 0 Å². The van der Waals surface area contributed by atoms with E-state index in [1.807, 2.05) is 29.6 Å². The average Bonchev–Trinajstić information content (AvgIpc) is 3.35. The molecule has 1 aliphatic heterocycles. The summed E-state index contributed by atoms with van der Waals surface area (Å²) in [5.41, 5.74) is 3.56. The van der Waals surface area contributed by atoms with Crippen LogP contribution in [0.2, 0.25) is 0 Å². The molecule has 1 fully saturated rings. The summed E-state index contributed by atoms with van der Waals surface area (Å²) in [6, 6.07) is 7.64. The number of benzene rings is 1. The molecule has 3 heterocycles. The van der Waals surface area contributed by atoms with Crippen molar-refractivity contribution in [1.29, 1.82) is 0 Å². The molecule has 0 aliphatic carbocycles. The Morgan fingerprint density at radius 1 is 1.35 bits per heavy atom. The molecular formula is C16H15N3O3S. The Labute approximate surface area is 137 Å². The van der Waals surface area contributed by atoms with E-state index in [-0.39, 0.29) is 5.92 Å². The molecular weight excluding hydrogens is 314 g/mol. The predicted octanol–water partition coefficient (Wildman–Crippen LogP) is 3.28. The summed E-state index contributed by atoms with van der Waals surface area (Å²) < 4.78 is 16.5. The molecule has 7 heteroatoms. The van der Waals surface area contributed by atoms with Crippen LogP contribution in [0.25, 0.3) is 11.5 Å². The van der Waals surface area contributed by atoms with E-state index in [1.165, 1.54) is 0 Å². The first kappa shape index (κ1) is 14.3. The monoisotopic (exact) mass is 329 g/mol. The van der Waals surface area contributed by atoms with E-state index in [9.17, 15) is 0 Å². The highest BCUT2D eigenvalue weighted by molar-refractivity contribution is 7.07. The van der Waals surface area contributed by atoms with Crippen molar-refractivity contribution in [2.24, 2.45) is 0 Å². The molecule has 0 radical (unpaired) electrons. The molecule has 0 N–H and O–H groups in total. The van der Waals surface area contributed by atoms with Gasteiger partial charge in [-0.15, -0.1) is 11.3 Å². The van der Waals surface area contributed by atoms with Crippen LogP contribution in [0.1, 0.15) is 23.9 Å². The van der Waals surface area contributed by atoms with Crippen LogP contribution in [0, 0.1) is 0 Å². The van der Waals surface area contributed by atoms with E-state index in [2.05, 4.69) is 15.1 Å². The molecule has 1 aromatic carbocycles. The van der Waals surface area contributed by atoms with Gasteiger partial charge in [0.1, 0.15) is 12.4 Å². The van der Waals surface area contributed by atoms with Crippen LogP contribution < -0.4 is 4.74 Å². The fourth-order valence-electron chi connectivity index (χ4n) is 2.44. The largest absolute Gasteiger partial charge is 0.487 e. The first-order chi connectivity index (χ1) is 11.4. The molecule has 6 nitrogen and oxygen atoms in total. The molecule has 1 aliphatic rings. The smallest absolute Gasteiger partial charge is 0.258 e. The summed E-state index contributed by atoms with van der Waals surface area (Å²) >= 11 is 1.55. The van der Waals surface area contributed by atoms with Crippen molar-refractivity contribution in [3.8, 4) is 17.2 Å². The Balaban J connectivity index is 1.49. The van der Waals surface area contributed by atoms with E-state index in [0.29, 0.717) is 24.9 Å². The first-order valence-corrected chi connectivity index (χ1v) is 8.34. The summed E-state index contributed by atoms with van der Waals surface area (Å²) in [4.78, 5) is 8.69. The molecule has 2 aromatic heterocycles. The maximum Gasteiger partial charge on any atom is 0.258 e. The Bertz CT molecular complexity index is 766. The van der Waals surface area contributed by atoms with Gasteiger partial charge in [-0.1, -0.05) is 11.2 Å². The maximum atomic E-state index is 5.75. The standard InChI is InChI=1S/C16H15N3O3S/c1-2-11(6-14(3-1)21-8-13-9-23-10-17-13)16-18-15(19-22-16)12-4-5-20-7-12/h1-3,6,9-10,12H,4-5,7-8H2/t12-/m1/s1. The van der Waals surface area contributed by atoms with Gasteiger partial charge in [-0.2, -0.15) is 4.98 Å². The van der Waals surface area contributed by atoms with Crippen LogP contribution in [0.3, 0.4) is 0 Å². The lowest BCUT2D eigenvalue weighted by Crippen LogP contribution is -1.99. The Morgan fingerprint density at radius 3 is 3.17 bits per heavy atom. The van der Waals surface area contributed by atoms with Crippen molar-refractivity contribution in [2.75, 3.05) is 13.2 Å². The van der Waals surface area contributed by atoms with E-state index in [1.54, 1.807) is 16.8 Å². The predicted molar refractivity (Wildman–Crippen MR) is 84.4 cm³/mol. The third-order valence-corrected chi connectivity index (χ3v) is 4.32. The number of ether oxygens (including phenoxy) is 2. The number of hydrogen-bond donors (Lipinski definition) is 0. The zero-order valence-electron chi connectivity index (χ0n) is 12.3. The van der Waals surface area contributed by atoms with Crippen molar-refractivity contribution < 1.29 is 14.0 Å². The van der Waals surface area contributed by atoms with Gasteiger partial charge in [-0.25, -0.2) is 4.98 Å². The van der Waals surface area contributed by atoms with Crippen molar-refractivity contribution in [3.63, 3.8) is 0 Å². The topological polar surface area (TPSA) is 70.3 Å². The second kappa shape index (κ2) is 6.47. The Kier molecular flexibility index (Phi) is 4.04. The quantitative estimate of drug-likeness (QED) is 0.715. The van der Waals surface area contributed by atoms with Gasteiger partial charge in [0.25, 0.3) is 5.89 Å². The van der Waals surface area contributed by atoms with Crippen molar-refractivity contribution >= 4 is 11.3 Å². The van der Waals surface area contributed by atoms with Crippen LogP contribution in [-0.4, -0.2) is 28.3 Å². The lowest BCUT2D eigenvalue weighted by atomic mass is 10.1. The van der Waals surface area contributed by atoms with Crippen LogP contribution in [0.5, 0.6) is 5.75 Å². The molecule has 3 aromatic rings. The number of hydrogen-bond acceptors (Lipinski definition) is 7. The van der Waals surface area contributed by atoms with E-state index in [0.717, 1.165) is 30.0 Å². The fourth-order valence-corrected chi connectivity index (χ4v) is 2.98. The summed E-state index contributed by atoms with van der Waals surface area (Å²) in [6.07, 6.45) is 0.940. The summed E-state index contributed by atoms with van der Waals surface area (Å²) in [5.74, 6) is 2.20. The van der Waals surface area contributed by atoms with Crippen molar-refractivity contribution in [1.82, 2.24) is 15.1 Å². The lowest BCUT2D eigenvalue weighted by Gasteiger charge is -2.05. The van der Waals surface area contributed by atoms with E-state index in [4.69, 9.17) is 14.0 Å². The summed E-state index contributed by atoms with van der Waals surface area (Å²) in [5, 5.41) is 6.05. The van der Waals surface area contributed by atoms with E-state index >= 15 is 0 Å². The van der Waals surface area contributed by atoms with Crippen LogP contribution >= 0.6 is 11.3 Å². The van der Waals surface area contributed by atoms with Crippen molar-refractivity contribution in [3.05, 3.63) is 46.7 Å². The van der Waals surface area contributed by atoms with Crippen LogP contribution in [0.15, 0.2) is 39.7 Å². The number of thiazole rings is 1. The molecule has 0 amide bonds. The van der Waals surface area contributed by atoms with Gasteiger partial charge in [0.15, 0.2) is 5.82 Å². The summed E-state index contributed by atoms with van der Waals surface area (Å²) in [7, 11) is 0.